The van der Waals surface area contributed by atoms with E-state index in [0.29, 0.717) is 6.54 Å². The van der Waals surface area contributed by atoms with Crippen molar-refractivity contribution in [3.8, 4) is 0 Å². The molecule has 0 bridgehead atoms. The molecule has 3 rings (SSSR count). The van der Waals surface area contributed by atoms with Gasteiger partial charge in [0.1, 0.15) is 0 Å². The third kappa shape index (κ3) is 7.24. The van der Waals surface area contributed by atoms with Gasteiger partial charge >= 0.3 is 0 Å². The summed E-state index contributed by atoms with van der Waals surface area (Å²) in [5.74, 6) is 0.0606. The molecule has 1 amide bonds. The van der Waals surface area contributed by atoms with Gasteiger partial charge in [-0.2, -0.15) is 0 Å². The number of anilines is 1. The minimum Gasteiger partial charge on any atom is -0.376 e. The zero-order chi connectivity index (χ0) is 16.6. The van der Waals surface area contributed by atoms with Crippen LogP contribution in [0.5, 0.6) is 0 Å². The van der Waals surface area contributed by atoms with E-state index in [2.05, 4.69) is 39.8 Å². The van der Waals surface area contributed by atoms with Crippen LogP contribution in [0.1, 0.15) is 18.4 Å². The predicted octanol–water partition coefficient (Wildman–Crippen LogP) is 3.72. The summed E-state index contributed by atoms with van der Waals surface area (Å²) >= 11 is 0. The Morgan fingerprint density at radius 3 is 2.35 bits per heavy atom. The fourth-order valence-corrected chi connectivity index (χ4v) is 3.18. The van der Waals surface area contributed by atoms with Crippen molar-refractivity contribution in [1.29, 1.82) is 0 Å². The third-order valence-electron chi connectivity index (χ3n) is 4.35. The molecule has 0 spiro atoms. The highest BCUT2D eigenvalue weighted by atomic mass is 35.5. The first-order chi connectivity index (χ1) is 11.8. The molecule has 142 valence electrons. The maximum Gasteiger partial charge on any atom is 0.239 e. The molecule has 1 unspecified atom stereocenters. The van der Waals surface area contributed by atoms with Crippen LogP contribution in [0.3, 0.4) is 0 Å². The maximum absolute atomic E-state index is 12.2. The summed E-state index contributed by atoms with van der Waals surface area (Å²) in [6.07, 6.45) is 2.19. The summed E-state index contributed by atoms with van der Waals surface area (Å²) in [5, 5.41) is 6.32. The lowest BCUT2D eigenvalue weighted by Gasteiger charge is -2.33. The van der Waals surface area contributed by atoms with E-state index in [-0.39, 0.29) is 36.8 Å². The van der Waals surface area contributed by atoms with Gasteiger partial charge in [-0.1, -0.05) is 48.5 Å². The topological polar surface area (TPSA) is 44.4 Å². The number of carbonyl (C=O) groups is 1. The van der Waals surface area contributed by atoms with Gasteiger partial charge in [-0.15, -0.1) is 24.8 Å². The number of piperidine rings is 1. The highest BCUT2D eigenvalue weighted by Gasteiger charge is 2.21. The molecule has 4 nitrogen and oxygen atoms in total. The minimum atomic E-state index is 0. The van der Waals surface area contributed by atoms with E-state index in [0.717, 1.165) is 38.2 Å². The van der Waals surface area contributed by atoms with Crippen LogP contribution in [-0.4, -0.2) is 36.5 Å². The lowest BCUT2D eigenvalue weighted by molar-refractivity contribution is -0.120. The first-order valence-electron chi connectivity index (χ1n) is 8.64. The number of hydrogen-bond acceptors (Lipinski definition) is 3. The molecule has 1 atom stereocenters. The summed E-state index contributed by atoms with van der Waals surface area (Å²) in [6, 6.07) is 20.6. The van der Waals surface area contributed by atoms with Gasteiger partial charge in [0.05, 0.1) is 6.54 Å². The second-order valence-electron chi connectivity index (χ2n) is 6.35. The fourth-order valence-electron chi connectivity index (χ4n) is 3.18. The molecule has 0 aliphatic carbocycles. The molecule has 2 aromatic carbocycles. The van der Waals surface area contributed by atoms with Gasteiger partial charge in [-0.25, -0.2) is 0 Å². The second kappa shape index (κ2) is 11.8. The lowest BCUT2D eigenvalue weighted by atomic mass is 10.0. The van der Waals surface area contributed by atoms with Crippen molar-refractivity contribution in [2.45, 2.75) is 25.4 Å². The fraction of sp³-hybridized carbons (Fsp3) is 0.350. The molecular weight excluding hydrogens is 369 g/mol. The standard InChI is InChI=1S/C20H25N3O.2ClH/c24-20(14-21-18-10-5-2-6-11-18)22-19-12-7-13-23(16-19)15-17-8-3-1-4-9-17;;/h1-6,8-11,19,21H,7,12-16H2,(H,22,24);2*1H. The van der Waals surface area contributed by atoms with Crippen LogP contribution in [-0.2, 0) is 11.3 Å². The van der Waals surface area contributed by atoms with E-state index in [4.69, 9.17) is 0 Å². The highest BCUT2D eigenvalue weighted by Crippen LogP contribution is 2.13. The van der Waals surface area contributed by atoms with Crippen molar-refractivity contribution < 1.29 is 4.79 Å². The average molecular weight is 396 g/mol. The number of carbonyl (C=O) groups excluding carboxylic acids is 1. The molecule has 0 radical (unpaired) electrons. The van der Waals surface area contributed by atoms with Gasteiger partial charge in [-0.3, -0.25) is 9.69 Å². The van der Waals surface area contributed by atoms with Crippen molar-refractivity contribution in [2.24, 2.45) is 0 Å². The van der Waals surface area contributed by atoms with Crippen molar-refractivity contribution in [3.05, 3.63) is 66.2 Å². The van der Waals surface area contributed by atoms with Crippen LogP contribution in [0.25, 0.3) is 0 Å². The van der Waals surface area contributed by atoms with E-state index in [9.17, 15) is 4.79 Å². The Morgan fingerprint density at radius 1 is 1.00 bits per heavy atom. The Balaban J connectivity index is 0.00000169. The Labute approximate surface area is 168 Å². The minimum absolute atomic E-state index is 0. The van der Waals surface area contributed by atoms with E-state index in [1.54, 1.807) is 0 Å². The first kappa shape index (κ1) is 22.3. The summed E-state index contributed by atoms with van der Waals surface area (Å²) in [5.41, 5.74) is 2.30. The molecule has 26 heavy (non-hydrogen) atoms. The maximum atomic E-state index is 12.2. The number of likely N-dealkylation sites (tertiary alicyclic amines) is 1. The van der Waals surface area contributed by atoms with Crippen LogP contribution >= 0.6 is 24.8 Å². The summed E-state index contributed by atoms with van der Waals surface area (Å²) in [6.45, 7) is 3.30. The number of nitrogens with zero attached hydrogens (tertiary/aromatic N) is 1. The van der Waals surface area contributed by atoms with E-state index >= 15 is 0 Å². The zero-order valence-corrected chi connectivity index (χ0v) is 16.4. The zero-order valence-electron chi connectivity index (χ0n) is 14.8. The highest BCUT2D eigenvalue weighted by molar-refractivity contribution is 5.85. The molecule has 1 heterocycles. The average Bonchev–Trinajstić information content (AvgIpc) is 2.62. The Hall–Kier alpha value is -1.75. The normalized spacial score (nSPS) is 16.7. The Morgan fingerprint density at radius 2 is 1.65 bits per heavy atom. The Bertz CT molecular complexity index is 640. The monoisotopic (exact) mass is 395 g/mol. The summed E-state index contributed by atoms with van der Waals surface area (Å²) in [7, 11) is 0. The molecule has 1 fully saturated rings. The first-order valence-corrected chi connectivity index (χ1v) is 8.64. The molecule has 1 aliphatic rings. The summed E-state index contributed by atoms with van der Waals surface area (Å²) < 4.78 is 0. The molecule has 0 saturated carbocycles. The van der Waals surface area contributed by atoms with E-state index in [1.165, 1.54) is 5.56 Å². The van der Waals surface area contributed by atoms with Crippen LogP contribution < -0.4 is 10.6 Å². The van der Waals surface area contributed by atoms with Crippen molar-refractivity contribution >= 4 is 36.4 Å². The number of hydrogen-bond donors (Lipinski definition) is 2. The van der Waals surface area contributed by atoms with Crippen LogP contribution in [0.15, 0.2) is 60.7 Å². The van der Waals surface area contributed by atoms with Gasteiger partial charge in [0, 0.05) is 24.8 Å². The number of rotatable bonds is 6. The van der Waals surface area contributed by atoms with Gasteiger partial charge in [0.15, 0.2) is 0 Å². The van der Waals surface area contributed by atoms with Gasteiger partial charge < -0.3 is 10.6 Å². The van der Waals surface area contributed by atoms with E-state index in [1.807, 2.05) is 36.4 Å². The number of halogens is 2. The third-order valence-corrected chi connectivity index (χ3v) is 4.35. The molecular formula is C20H27Cl2N3O. The van der Waals surface area contributed by atoms with Crippen LogP contribution in [0.4, 0.5) is 5.69 Å². The van der Waals surface area contributed by atoms with Crippen LogP contribution in [0, 0.1) is 0 Å². The van der Waals surface area contributed by atoms with E-state index < -0.39 is 0 Å². The van der Waals surface area contributed by atoms with Gasteiger partial charge in [0.25, 0.3) is 0 Å². The lowest BCUT2D eigenvalue weighted by Crippen LogP contribution is -2.48. The molecule has 6 heteroatoms. The van der Waals surface area contributed by atoms with Gasteiger partial charge in [0.2, 0.25) is 5.91 Å². The number of nitrogens with one attached hydrogen (secondary N) is 2. The van der Waals surface area contributed by atoms with Crippen molar-refractivity contribution in [3.63, 3.8) is 0 Å². The van der Waals surface area contributed by atoms with Crippen molar-refractivity contribution in [2.75, 3.05) is 25.0 Å². The molecule has 2 N–H and O–H groups in total. The second-order valence-corrected chi connectivity index (χ2v) is 6.35. The largest absolute Gasteiger partial charge is 0.376 e. The molecule has 1 aliphatic heterocycles. The SMILES string of the molecule is Cl.Cl.O=C(CNc1ccccc1)NC1CCCN(Cc2ccccc2)C1. The predicted molar refractivity (Wildman–Crippen MR) is 112 cm³/mol. The molecule has 0 aromatic heterocycles. The van der Waals surface area contributed by atoms with Crippen molar-refractivity contribution in [1.82, 2.24) is 10.2 Å². The number of amides is 1. The number of benzene rings is 2. The smallest absolute Gasteiger partial charge is 0.239 e. The Kier molecular flexibility index (Phi) is 10.1. The van der Waals surface area contributed by atoms with Gasteiger partial charge in [-0.05, 0) is 37.1 Å². The quantitative estimate of drug-likeness (QED) is 0.782. The van der Waals surface area contributed by atoms with Crippen LogP contribution in [0.2, 0.25) is 0 Å². The summed E-state index contributed by atoms with van der Waals surface area (Å²) in [4.78, 5) is 14.6. The molecule has 1 saturated heterocycles. The molecule has 2 aromatic rings. The number of para-hydroxylation sites is 1.